The van der Waals surface area contributed by atoms with Gasteiger partial charge in [0.1, 0.15) is 5.82 Å². The van der Waals surface area contributed by atoms with Gasteiger partial charge in [-0.3, -0.25) is 4.79 Å². The van der Waals surface area contributed by atoms with Gasteiger partial charge in [0.15, 0.2) is 0 Å². The molecule has 0 radical (unpaired) electrons. The molecule has 0 spiro atoms. The van der Waals surface area contributed by atoms with Gasteiger partial charge < -0.3 is 4.90 Å². The maximum absolute atomic E-state index is 13.9. The molecule has 0 saturated carbocycles. The van der Waals surface area contributed by atoms with E-state index in [4.69, 9.17) is 0 Å². The van der Waals surface area contributed by atoms with Gasteiger partial charge >= 0.3 is 0 Å². The Morgan fingerprint density at radius 3 is 2.35 bits per heavy atom. The Balaban J connectivity index is 1.75. The predicted octanol–water partition coefficient (Wildman–Crippen LogP) is 3.13. The van der Waals surface area contributed by atoms with Crippen LogP contribution in [-0.2, 0) is 10.0 Å². The van der Waals surface area contributed by atoms with E-state index in [1.165, 1.54) is 27.4 Å². The number of rotatable bonds is 3. The Morgan fingerprint density at radius 1 is 0.962 bits per heavy atom. The largest absolute Gasteiger partial charge is 0.337 e. The number of sulfonamides is 1. The summed E-state index contributed by atoms with van der Waals surface area (Å²) in [7, 11) is -3.62. The predicted molar refractivity (Wildman–Crippen MR) is 99.8 cm³/mol. The lowest BCUT2D eigenvalue weighted by molar-refractivity contribution is 0.0759. The molecule has 1 saturated heterocycles. The molecule has 5 nitrogen and oxygen atoms in total. The zero-order chi connectivity index (χ0) is 18.7. The van der Waals surface area contributed by atoms with Gasteiger partial charge in [-0.15, -0.1) is 0 Å². The van der Waals surface area contributed by atoms with Crippen LogP contribution in [0, 0.1) is 5.82 Å². The Bertz CT molecular complexity index is 903. The molecular formula is C18H18BrFN2O3S. The third-order valence-electron chi connectivity index (χ3n) is 4.30. The third-order valence-corrected chi connectivity index (χ3v) is 6.74. The lowest BCUT2D eigenvalue weighted by Gasteiger charge is -2.22. The summed E-state index contributed by atoms with van der Waals surface area (Å²) in [6.45, 7) is 1.11. The molecule has 3 rings (SSSR count). The molecule has 1 aliphatic heterocycles. The van der Waals surface area contributed by atoms with Crippen LogP contribution in [0.15, 0.2) is 57.9 Å². The molecular weight excluding hydrogens is 423 g/mol. The SMILES string of the molecule is O=C(c1ccccc1F)N1CCCN(S(=O)(=O)c2ccc(Br)cc2)CC1. The first-order valence-electron chi connectivity index (χ1n) is 8.19. The number of nitrogens with zero attached hydrogens (tertiary/aromatic N) is 2. The molecule has 0 unspecified atom stereocenters. The van der Waals surface area contributed by atoms with E-state index in [0.29, 0.717) is 19.5 Å². The van der Waals surface area contributed by atoms with E-state index in [1.807, 2.05) is 0 Å². The van der Waals surface area contributed by atoms with E-state index >= 15 is 0 Å². The van der Waals surface area contributed by atoms with Gasteiger partial charge in [0.05, 0.1) is 10.5 Å². The summed E-state index contributed by atoms with van der Waals surface area (Å²) in [6, 6.07) is 12.3. The second-order valence-corrected chi connectivity index (χ2v) is 8.84. The van der Waals surface area contributed by atoms with Gasteiger partial charge in [0, 0.05) is 30.7 Å². The number of benzene rings is 2. The highest BCUT2D eigenvalue weighted by Crippen LogP contribution is 2.21. The number of halogens is 2. The summed E-state index contributed by atoms with van der Waals surface area (Å²) in [5.74, 6) is -0.980. The Labute approximate surface area is 160 Å². The number of hydrogen-bond donors (Lipinski definition) is 0. The van der Waals surface area contributed by atoms with Crippen LogP contribution in [0.2, 0.25) is 0 Å². The molecule has 0 aliphatic carbocycles. The summed E-state index contributed by atoms with van der Waals surface area (Å²) in [5, 5.41) is 0. The minimum absolute atomic E-state index is 0.0108. The quantitative estimate of drug-likeness (QED) is 0.736. The van der Waals surface area contributed by atoms with Crippen molar-refractivity contribution >= 4 is 31.9 Å². The molecule has 0 atom stereocenters. The van der Waals surface area contributed by atoms with Crippen LogP contribution in [0.4, 0.5) is 4.39 Å². The molecule has 2 aromatic rings. The van der Waals surface area contributed by atoms with E-state index in [9.17, 15) is 17.6 Å². The van der Waals surface area contributed by atoms with Crippen molar-refractivity contribution in [3.63, 3.8) is 0 Å². The highest BCUT2D eigenvalue weighted by molar-refractivity contribution is 9.10. The van der Waals surface area contributed by atoms with Crippen LogP contribution >= 0.6 is 15.9 Å². The molecule has 8 heteroatoms. The number of hydrogen-bond acceptors (Lipinski definition) is 3. The van der Waals surface area contributed by atoms with Crippen molar-refractivity contribution in [2.24, 2.45) is 0 Å². The Kier molecular flexibility index (Phi) is 5.74. The average Bonchev–Trinajstić information content (AvgIpc) is 2.89. The van der Waals surface area contributed by atoms with E-state index < -0.39 is 21.7 Å². The zero-order valence-corrected chi connectivity index (χ0v) is 16.3. The molecule has 0 bridgehead atoms. The van der Waals surface area contributed by atoms with Crippen LogP contribution in [0.3, 0.4) is 0 Å². The van der Waals surface area contributed by atoms with E-state index in [1.54, 1.807) is 30.3 Å². The van der Waals surface area contributed by atoms with Gasteiger partial charge in [0.25, 0.3) is 5.91 Å². The standard InChI is InChI=1S/C18H18BrFN2O3S/c19-14-6-8-15(9-7-14)26(24,25)22-11-3-10-21(12-13-22)18(23)16-4-1-2-5-17(16)20/h1-2,4-9H,3,10-13H2. The van der Waals surface area contributed by atoms with Crippen molar-refractivity contribution in [3.05, 3.63) is 64.4 Å². The molecule has 1 amide bonds. The molecule has 2 aromatic carbocycles. The van der Waals surface area contributed by atoms with Crippen LogP contribution in [0.1, 0.15) is 16.8 Å². The van der Waals surface area contributed by atoms with Crippen molar-refractivity contribution in [1.29, 1.82) is 0 Å². The van der Waals surface area contributed by atoms with Crippen LogP contribution in [0.5, 0.6) is 0 Å². The van der Waals surface area contributed by atoms with Crippen LogP contribution in [0.25, 0.3) is 0 Å². The Hall–Kier alpha value is -1.77. The van der Waals surface area contributed by atoms with Crippen molar-refractivity contribution in [2.75, 3.05) is 26.2 Å². The first-order chi connectivity index (χ1) is 12.4. The molecule has 0 N–H and O–H groups in total. The van der Waals surface area contributed by atoms with Crippen LogP contribution in [-0.4, -0.2) is 49.7 Å². The van der Waals surface area contributed by atoms with Crippen molar-refractivity contribution < 1.29 is 17.6 Å². The van der Waals surface area contributed by atoms with Gasteiger partial charge in [0.2, 0.25) is 10.0 Å². The lowest BCUT2D eigenvalue weighted by atomic mass is 10.2. The molecule has 1 aliphatic rings. The summed E-state index contributed by atoms with van der Waals surface area (Å²) in [4.78, 5) is 14.3. The molecule has 26 heavy (non-hydrogen) atoms. The minimum Gasteiger partial charge on any atom is -0.337 e. The van der Waals surface area contributed by atoms with Gasteiger partial charge in [-0.2, -0.15) is 4.31 Å². The van der Waals surface area contributed by atoms with Crippen molar-refractivity contribution in [1.82, 2.24) is 9.21 Å². The maximum Gasteiger partial charge on any atom is 0.256 e. The third kappa shape index (κ3) is 3.97. The Morgan fingerprint density at radius 2 is 1.65 bits per heavy atom. The normalized spacial score (nSPS) is 16.3. The molecule has 138 valence electrons. The zero-order valence-electron chi connectivity index (χ0n) is 13.9. The second kappa shape index (κ2) is 7.85. The fourth-order valence-electron chi connectivity index (χ4n) is 2.90. The number of carbonyl (C=O) groups is 1. The molecule has 0 aromatic heterocycles. The summed E-state index contributed by atoms with van der Waals surface area (Å²) < 4.78 is 41.6. The summed E-state index contributed by atoms with van der Waals surface area (Å²) in [6.07, 6.45) is 0.496. The molecule has 1 fully saturated rings. The summed E-state index contributed by atoms with van der Waals surface area (Å²) in [5.41, 5.74) is 0.0108. The lowest BCUT2D eigenvalue weighted by Crippen LogP contribution is -2.37. The topological polar surface area (TPSA) is 57.7 Å². The second-order valence-electron chi connectivity index (χ2n) is 5.98. The van der Waals surface area contributed by atoms with Gasteiger partial charge in [-0.05, 0) is 42.8 Å². The first kappa shape index (κ1) is 19.0. The van der Waals surface area contributed by atoms with E-state index in [2.05, 4.69) is 15.9 Å². The van der Waals surface area contributed by atoms with Gasteiger partial charge in [-0.1, -0.05) is 28.1 Å². The first-order valence-corrected chi connectivity index (χ1v) is 10.4. The fraction of sp³-hybridized carbons (Fsp3) is 0.278. The monoisotopic (exact) mass is 440 g/mol. The van der Waals surface area contributed by atoms with E-state index in [0.717, 1.165) is 4.47 Å². The average molecular weight is 441 g/mol. The fourth-order valence-corrected chi connectivity index (χ4v) is 4.63. The van der Waals surface area contributed by atoms with Crippen molar-refractivity contribution in [2.45, 2.75) is 11.3 Å². The summed E-state index contributed by atoms with van der Waals surface area (Å²) >= 11 is 3.29. The van der Waals surface area contributed by atoms with Crippen molar-refractivity contribution in [3.8, 4) is 0 Å². The smallest absolute Gasteiger partial charge is 0.256 e. The minimum atomic E-state index is -3.62. The van der Waals surface area contributed by atoms with E-state index in [-0.39, 0.29) is 23.5 Å². The highest BCUT2D eigenvalue weighted by atomic mass is 79.9. The maximum atomic E-state index is 13.9. The molecule has 1 heterocycles. The number of carbonyl (C=O) groups excluding carboxylic acids is 1. The highest BCUT2D eigenvalue weighted by Gasteiger charge is 2.29. The van der Waals surface area contributed by atoms with Crippen LogP contribution < -0.4 is 0 Å². The number of amides is 1. The van der Waals surface area contributed by atoms with Gasteiger partial charge in [-0.25, -0.2) is 12.8 Å².